The summed E-state index contributed by atoms with van der Waals surface area (Å²) in [6.45, 7) is 11.9. The number of hydrogen-bond donors (Lipinski definition) is 1. The Labute approximate surface area is 102 Å². The van der Waals surface area contributed by atoms with Crippen LogP contribution in [0.2, 0.25) is 0 Å². The molecule has 0 aromatic heterocycles. The maximum atomic E-state index is 3.49. The van der Waals surface area contributed by atoms with Crippen LogP contribution in [0.15, 0.2) is 0 Å². The second kappa shape index (κ2) is 8.08. The van der Waals surface area contributed by atoms with E-state index in [1.54, 1.807) is 0 Å². The lowest BCUT2D eigenvalue weighted by Gasteiger charge is -2.22. The van der Waals surface area contributed by atoms with Gasteiger partial charge in [0.15, 0.2) is 0 Å². The van der Waals surface area contributed by atoms with Gasteiger partial charge in [-0.1, -0.05) is 20.3 Å². The smallest absolute Gasteiger partial charge is 0.00507 e. The molecule has 1 aliphatic rings. The van der Waals surface area contributed by atoms with Crippen molar-refractivity contribution in [1.29, 1.82) is 0 Å². The third kappa shape index (κ3) is 5.31. The molecule has 0 radical (unpaired) electrons. The summed E-state index contributed by atoms with van der Waals surface area (Å²) in [4.78, 5) is 2.67. The maximum absolute atomic E-state index is 3.49. The van der Waals surface area contributed by atoms with Gasteiger partial charge in [-0.05, 0) is 64.7 Å². The summed E-state index contributed by atoms with van der Waals surface area (Å²) in [5.74, 6) is 0.996. The van der Waals surface area contributed by atoms with Crippen molar-refractivity contribution in [2.24, 2.45) is 5.92 Å². The highest BCUT2D eigenvalue weighted by Gasteiger charge is 2.15. The van der Waals surface area contributed by atoms with Gasteiger partial charge in [-0.3, -0.25) is 0 Å². The zero-order valence-electron chi connectivity index (χ0n) is 11.5. The summed E-state index contributed by atoms with van der Waals surface area (Å²) in [6.07, 6.45) is 6.96. The third-order valence-corrected chi connectivity index (χ3v) is 3.95. The van der Waals surface area contributed by atoms with Gasteiger partial charge in [0.05, 0.1) is 0 Å². The average Bonchev–Trinajstić information content (AvgIpc) is 2.51. The standard InChI is InChI=1S/C14H30N2/c1-4-14-7-6-10-16(12-9-14)11-8-13(3)15-5-2/h13-15H,4-12H2,1-3H3. The van der Waals surface area contributed by atoms with Crippen LogP contribution in [-0.2, 0) is 0 Å². The van der Waals surface area contributed by atoms with Crippen LogP contribution in [0.5, 0.6) is 0 Å². The van der Waals surface area contributed by atoms with E-state index < -0.39 is 0 Å². The molecule has 1 saturated heterocycles. The van der Waals surface area contributed by atoms with Gasteiger partial charge in [0.2, 0.25) is 0 Å². The van der Waals surface area contributed by atoms with Crippen molar-refractivity contribution in [2.45, 2.75) is 58.9 Å². The van der Waals surface area contributed by atoms with Crippen LogP contribution < -0.4 is 5.32 Å². The van der Waals surface area contributed by atoms with Crippen molar-refractivity contribution < 1.29 is 0 Å². The highest BCUT2D eigenvalue weighted by atomic mass is 15.1. The average molecular weight is 226 g/mol. The number of likely N-dealkylation sites (tertiary alicyclic amines) is 1. The van der Waals surface area contributed by atoms with E-state index in [9.17, 15) is 0 Å². The largest absolute Gasteiger partial charge is 0.314 e. The normalized spacial score (nSPS) is 25.3. The first-order chi connectivity index (χ1) is 7.76. The van der Waals surface area contributed by atoms with Crippen LogP contribution in [-0.4, -0.2) is 37.1 Å². The second-order valence-electron chi connectivity index (χ2n) is 5.29. The minimum atomic E-state index is 0.676. The van der Waals surface area contributed by atoms with Gasteiger partial charge >= 0.3 is 0 Å². The molecule has 0 aromatic carbocycles. The summed E-state index contributed by atoms with van der Waals surface area (Å²) >= 11 is 0. The van der Waals surface area contributed by atoms with Crippen molar-refractivity contribution in [3.63, 3.8) is 0 Å². The minimum absolute atomic E-state index is 0.676. The van der Waals surface area contributed by atoms with Crippen LogP contribution in [0.4, 0.5) is 0 Å². The molecule has 0 aliphatic carbocycles. The Kier molecular flexibility index (Phi) is 7.06. The van der Waals surface area contributed by atoms with Gasteiger partial charge < -0.3 is 10.2 Å². The first kappa shape index (κ1) is 14.0. The van der Waals surface area contributed by atoms with Crippen LogP contribution in [0.3, 0.4) is 0 Å². The molecule has 1 rings (SSSR count). The molecular formula is C14H30N2. The fourth-order valence-electron chi connectivity index (χ4n) is 2.68. The molecule has 2 unspecified atom stereocenters. The summed E-state index contributed by atoms with van der Waals surface area (Å²) in [6, 6.07) is 0.676. The summed E-state index contributed by atoms with van der Waals surface area (Å²) in [5, 5.41) is 3.49. The predicted molar refractivity (Wildman–Crippen MR) is 71.8 cm³/mol. The fourth-order valence-corrected chi connectivity index (χ4v) is 2.68. The lowest BCUT2D eigenvalue weighted by Crippen LogP contribution is -2.33. The van der Waals surface area contributed by atoms with Gasteiger partial charge in [0.25, 0.3) is 0 Å². The third-order valence-electron chi connectivity index (χ3n) is 3.95. The van der Waals surface area contributed by atoms with E-state index in [1.807, 2.05) is 0 Å². The van der Waals surface area contributed by atoms with E-state index in [4.69, 9.17) is 0 Å². The van der Waals surface area contributed by atoms with Gasteiger partial charge in [-0.15, -0.1) is 0 Å². The van der Waals surface area contributed by atoms with E-state index in [-0.39, 0.29) is 0 Å². The van der Waals surface area contributed by atoms with Gasteiger partial charge in [-0.2, -0.15) is 0 Å². The van der Waals surface area contributed by atoms with Crippen molar-refractivity contribution in [3.8, 4) is 0 Å². The molecule has 0 bridgehead atoms. The van der Waals surface area contributed by atoms with Crippen LogP contribution >= 0.6 is 0 Å². The van der Waals surface area contributed by atoms with Crippen LogP contribution in [0, 0.1) is 5.92 Å². The zero-order chi connectivity index (χ0) is 11.8. The van der Waals surface area contributed by atoms with Crippen LogP contribution in [0.1, 0.15) is 52.9 Å². The molecule has 1 N–H and O–H groups in total. The summed E-state index contributed by atoms with van der Waals surface area (Å²) in [5.41, 5.74) is 0. The molecule has 0 amide bonds. The zero-order valence-corrected chi connectivity index (χ0v) is 11.5. The number of nitrogens with one attached hydrogen (secondary N) is 1. The quantitative estimate of drug-likeness (QED) is 0.749. The SMILES string of the molecule is CCNC(C)CCN1CCCC(CC)CC1. The Morgan fingerprint density at radius 2 is 2.06 bits per heavy atom. The summed E-state index contributed by atoms with van der Waals surface area (Å²) < 4.78 is 0. The van der Waals surface area contributed by atoms with Gasteiger partial charge in [0.1, 0.15) is 0 Å². The molecule has 2 heteroatoms. The molecule has 0 saturated carbocycles. The molecule has 16 heavy (non-hydrogen) atoms. The molecule has 1 aliphatic heterocycles. The molecule has 0 aromatic rings. The van der Waals surface area contributed by atoms with E-state index >= 15 is 0 Å². The highest BCUT2D eigenvalue weighted by molar-refractivity contribution is 4.71. The van der Waals surface area contributed by atoms with Crippen molar-refractivity contribution >= 4 is 0 Å². The van der Waals surface area contributed by atoms with Gasteiger partial charge in [-0.25, -0.2) is 0 Å². The Balaban J connectivity index is 2.17. The molecule has 1 heterocycles. The van der Waals surface area contributed by atoms with Gasteiger partial charge in [0, 0.05) is 6.04 Å². The van der Waals surface area contributed by atoms with Crippen molar-refractivity contribution in [1.82, 2.24) is 10.2 Å². The topological polar surface area (TPSA) is 15.3 Å². The molecule has 96 valence electrons. The van der Waals surface area contributed by atoms with E-state index in [1.165, 1.54) is 51.7 Å². The number of hydrogen-bond acceptors (Lipinski definition) is 2. The van der Waals surface area contributed by atoms with E-state index in [0.29, 0.717) is 6.04 Å². The highest BCUT2D eigenvalue weighted by Crippen LogP contribution is 2.20. The first-order valence-corrected chi connectivity index (χ1v) is 7.22. The lowest BCUT2D eigenvalue weighted by atomic mass is 9.98. The predicted octanol–water partition coefficient (Wildman–Crippen LogP) is 2.89. The van der Waals surface area contributed by atoms with Crippen LogP contribution in [0.25, 0.3) is 0 Å². The lowest BCUT2D eigenvalue weighted by molar-refractivity contribution is 0.265. The second-order valence-corrected chi connectivity index (χ2v) is 5.29. The monoisotopic (exact) mass is 226 g/mol. The minimum Gasteiger partial charge on any atom is -0.314 e. The van der Waals surface area contributed by atoms with E-state index in [2.05, 4.69) is 31.0 Å². The number of nitrogens with zero attached hydrogens (tertiary/aromatic N) is 1. The molecule has 0 spiro atoms. The fraction of sp³-hybridized carbons (Fsp3) is 1.00. The summed E-state index contributed by atoms with van der Waals surface area (Å²) in [7, 11) is 0. The Hall–Kier alpha value is -0.0800. The Morgan fingerprint density at radius 3 is 2.75 bits per heavy atom. The van der Waals surface area contributed by atoms with E-state index in [0.717, 1.165) is 12.5 Å². The number of rotatable bonds is 6. The first-order valence-electron chi connectivity index (χ1n) is 7.22. The Bertz CT molecular complexity index is 170. The maximum Gasteiger partial charge on any atom is 0.00507 e. The Morgan fingerprint density at radius 1 is 1.25 bits per heavy atom. The van der Waals surface area contributed by atoms with Crippen molar-refractivity contribution in [2.75, 3.05) is 26.2 Å². The molecule has 1 fully saturated rings. The molecule has 2 nitrogen and oxygen atoms in total. The molecular weight excluding hydrogens is 196 g/mol. The molecule has 2 atom stereocenters. The van der Waals surface area contributed by atoms with Crippen molar-refractivity contribution in [3.05, 3.63) is 0 Å².